The highest BCUT2D eigenvalue weighted by Crippen LogP contribution is 2.31. The molecule has 0 N–H and O–H groups in total. The summed E-state index contributed by atoms with van der Waals surface area (Å²) in [4.78, 5) is 0. The van der Waals surface area contributed by atoms with Gasteiger partial charge in [0.2, 0.25) is 0 Å². The van der Waals surface area contributed by atoms with E-state index in [0.29, 0.717) is 10.0 Å². The molecule has 0 saturated carbocycles. The van der Waals surface area contributed by atoms with Crippen LogP contribution in [0.25, 0.3) is 17.1 Å². The van der Waals surface area contributed by atoms with E-state index in [9.17, 15) is 0 Å². The molecule has 0 aliphatic rings. The lowest BCUT2D eigenvalue weighted by Gasteiger charge is -2.11. The van der Waals surface area contributed by atoms with Crippen molar-refractivity contribution < 1.29 is 4.74 Å². The van der Waals surface area contributed by atoms with E-state index in [1.807, 2.05) is 71.3 Å². The van der Waals surface area contributed by atoms with Crippen molar-refractivity contribution in [3.05, 3.63) is 88.4 Å². The van der Waals surface area contributed by atoms with Crippen LogP contribution >= 0.6 is 35.0 Å². The van der Waals surface area contributed by atoms with Crippen molar-refractivity contribution in [3.63, 3.8) is 0 Å². The molecule has 0 unspecified atom stereocenters. The molecule has 146 valence electrons. The Labute approximate surface area is 183 Å². The number of ether oxygens (including phenoxy) is 1. The van der Waals surface area contributed by atoms with Crippen molar-refractivity contribution in [1.29, 1.82) is 0 Å². The minimum absolute atomic E-state index is 0.652. The Morgan fingerprint density at radius 1 is 0.897 bits per heavy atom. The van der Waals surface area contributed by atoms with Crippen molar-refractivity contribution in [2.45, 2.75) is 10.9 Å². The second-order valence-electron chi connectivity index (χ2n) is 6.27. The third kappa shape index (κ3) is 4.58. The average Bonchev–Trinajstić information content (AvgIpc) is 3.17. The minimum Gasteiger partial charge on any atom is -0.497 e. The monoisotopic (exact) mass is 441 g/mol. The SMILES string of the molecule is COc1cccc(CSc2nnc(-c3cccc(Cl)c3)n2-c2ccc(Cl)cc2)c1. The van der Waals surface area contributed by atoms with Crippen LogP contribution in [0.15, 0.2) is 78.0 Å². The first kappa shape index (κ1) is 19.8. The van der Waals surface area contributed by atoms with Gasteiger partial charge in [-0.2, -0.15) is 0 Å². The molecule has 1 heterocycles. The van der Waals surface area contributed by atoms with Crippen LogP contribution < -0.4 is 4.74 Å². The Balaban J connectivity index is 1.72. The van der Waals surface area contributed by atoms with Crippen LogP contribution in [0.1, 0.15) is 5.56 Å². The van der Waals surface area contributed by atoms with Gasteiger partial charge in [-0.05, 0) is 54.1 Å². The lowest BCUT2D eigenvalue weighted by molar-refractivity contribution is 0.414. The van der Waals surface area contributed by atoms with Crippen LogP contribution in [0.3, 0.4) is 0 Å². The lowest BCUT2D eigenvalue weighted by Crippen LogP contribution is -1.99. The van der Waals surface area contributed by atoms with Gasteiger partial charge in [-0.15, -0.1) is 10.2 Å². The first-order valence-electron chi connectivity index (χ1n) is 8.87. The second-order valence-corrected chi connectivity index (χ2v) is 8.08. The Morgan fingerprint density at radius 3 is 2.45 bits per heavy atom. The zero-order valence-corrected chi connectivity index (χ0v) is 17.9. The van der Waals surface area contributed by atoms with Gasteiger partial charge in [0.15, 0.2) is 11.0 Å². The number of benzene rings is 3. The van der Waals surface area contributed by atoms with Crippen LogP contribution in [0, 0.1) is 0 Å². The van der Waals surface area contributed by atoms with Gasteiger partial charge in [-0.3, -0.25) is 4.57 Å². The molecule has 0 aliphatic heterocycles. The maximum atomic E-state index is 6.20. The number of nitrogens with zero attached hydrogens (tertiary/aromatic N) is 3. The number of hydrogen-bond donors (Lipinski definition) is 0. The highest BCUT2D eigenvalue weighted by atomic mass is 35.5. The van der Waals surface area contributed by atoms with Gasteiger partial charge in [0.1, 0.15) is 5.75 Å². The molecule has 0 amide bonds. The van der Waals surface area contributed by atoms with Gasteiger partial charge in [-0.25, -0.2) is 0 Å². The topological polar surface area (TPSA) is 39.9 Å². The maximum absolute atomic E-state index is 6.20. The molecule has 0 saturated heterocycles. The third-order valence-electron chi connectivity index (χ3n) is 4.30. The summed E-state index contributed by atoms with van der Waals surface area (Å²) in [5.74, 6) is 2.29. The standard InChI is InChI=1S/C22H17Cl2N3OS/c1-28-20-7-2-4-15(12-20)14-29-22-26-25-21(16-5-3-6-18(24)13-16)27(22)19-10-8-17(23)9-11-19/h2-13H,14H2,1H3. The molecular formula is C22H17Cl2N3OS. The van der Waals surface area contributed by atoms with E-state index >= 15 is 0 Å². The molecule has 3 aromatic carbocycles. The average molecular weight is 442 g/mol. The number of thioether (sulfide) groups is 1. The largest absolute Gasteiger partial charge is 0.497 e. The lowest BCUT2D eigenvalue weighted by atomic mass is 10.2. The summed E-state index contributed by atoms with van der Waals surface area (Å²) in [6, 6.07) is 23.2. The fraction of sp³-hybridized carbons (Fsp3) is 0.0909. The molecule has 4 aromatic rings. The Bertz CT molecular complexity index is 1130. The van der Waals surface area contributed by atoms with Crippen LogP contribution in [0.4, 0.5) is 0 Å². The van der Waals surface area contributed by atoms with E-state index in [1.54, 1.807) is 18.9 Å². The number of rotatable bonds is 6. The van der Waals surface area contributed by atoms with Gasteiger partial charge >= 0.3 is 0 Å². The van der Waals surface area contributed by atoms with E-state index < -0.39 is 0 Å². The highest BCUT2D eigenvalue weighted by Gasteiger charge is 2.16. The smallest absolute Gasteiger partial charge is 0.196 e. The summed E-state index contributed by atoms with van der Waals surface area (Å²) in [5, 5.41) is 11.0. The molecule has 0 radical (unpaired) electrons. The molecule has 29 heavy (non-hydrogen) atoms. The predicted molar refractivity (Wildman–Crippen MR) is 119 cm³/mol. The molecular weight excluding hydrogens is 425 g/mol. The first-order valence-corrected chi connectivity index (χ1v) is 10.6. The second kappa shape index (κ2) is 8.91. The molecule has 0 aliphatic carbocycles. The normalized spacial score (nSPS) is 10.9. The van der Waals surface area contributed by atoms with Crippen LogP contribution in [-0.4, -0.2) is 21.9 Å². The van der Waals surface area contributed by atoms with E-state index in [1.165, 1.54) is 0 Å². The van der Waals surface area contributed by atoms with Gasteiger partial charge in [-0.1, -0.05) is 59.2 Å². The van der Waals surface area contributed by atoms with Gasteiger partial charge < -0.3 is 4.74 Å². The number of methoxy groups -OCH3 is 1. The van der Waals surface area contributed by atoms with E-state index in [0.717, 1.165) is 39.3 Å². The third-order valence-corrected chi connectivity index (χ3v) is 5.79. The molecule has 0 fully saturated rings. The van der Waals surface area contributed by atoms with Crippen molar-refractivity contribution >= 4 is 35.0 Å². The maximum Gasteiger partial charge on any atom is 0.196 e. The van der Waals surface area contributed by atoms with Crippen LogP contribution in [-0.2, 0) is 5.75 Å². The summed E-state index contributed by atoms with van der Waals surface area (Å²) in [6.45, 7) is 0. The summed E-state index contributed by atoms with van der Waals surface area (Å²) < 4.78 is 7.34. The summed E-state index contributed by atoms with van der Waals surface area (Å²) in [6.07, 6.45) is 0. The number of halogens is 2. The summed E-state index contributed by atoms with van der Waals surface area (Å²) in [7, 11) is 1.67. The molecule has 4 rings (SSSR count). The van der Waals surface area contributed by atoms with Crippen molar-refractivity contribution in [1.82, 2.24) is 14.8 Å². The summed E-state index contributed by atoms with van der Waals surface area (Å²) in [5.41, 5.74) is 2.97. The molecule has 1 aromatic heterocycles. The van der Waals surface area contributed by atoms with Gasteiger partial charge in [0.25, 0.3) is 0 Å². The highest BCUT2D eigenvalue weighted by molar-refractivity contribution is 7.98. The number of hydrogen-bond acceptors (Lipinski definition) is 4. The Hall–Kier alpha value is -2.47. The fourth-order valence-electron chi connectivity index (χ4n) is 2.91. The van der Waals surface area contributed by atoms with E-state index in [-0.39, 0.29) is 0 Å². The Morgan fingerprint density at radius 2 is 1.69 bits per heavy atom. The quantitative estimate of drug-likeness (QED) is 0.318. The van der Waals surface area contributed by atoms with Crippen molar-refractivity contribution in [2.24, 2.45) is 0 Å². The first-order chi connectivity index (χ1) is 14.1. The molecule has 0 bridgehead atoms. The van der Waals surface area contributed by atoms with Crippen molar-refractivity contribution in [3.8, 4) is 22.8 Å². The molecule has 0 atom stereocenters. The number of aromatic nitrogens is 3. The summed E-state index contributed by atoms with van der Waals surface area (Å²) >= 11 is 13.9. The zero-order chi connectivity index (χ0) is 20.2. The van der Waals surface area contributed by atoms with Crippen LogP contribution in [0.5, 0.6) is 5.75 Å². The predicted octanol–water partition coefficient (Wildman–Crippen LogP) is 6.54. The molecule has 4 nitrogen and oxygen atoms in total. The van der Waals surface area contributed by atoms with Crippen molar-refractivity contribution in [2.75, 3.05) is 7.11 Å². The Kier molecular flexibility index (Phi) is 6.09. The minimum atomic E-state index is 0.652. The molecule has 7 heteroatoms. The van der Waals surface area contributed by atoms with E-state index in [2.05, 4.69) is 16.3 Å². The fourth-order valence-corrected chi connectivity index (χ4v) is 4.12. The van der Waals surface area contributed by atoms with Crippen LogP contribution in [0.2, 0.25) is 10.0 Å². The zero-order valence-electron chi connectivity index (χ0n) is 15.5. The van der Waals surface area contributed by atoms with Gasteiger partial charge in [0, 0.05) is 27.0 Å². The molecule has 0 spiro atoms. The van der Waals surface area contributed by atoms with Gasteiger partial charge in [0.05, 0.1) is 7.11 Å². The van der Waals surface area contributed by atoms with E-state index in [4.69, 9.17) is 27.9 Å².